The van der Waals surface area contributed by atoms with E-state index in [1.54, 1.807) is 4.90 Å². The molecule has 0 bridgehead atoms. The molecule has 1 saturated heterocycles. The average Bonchev–Trinajstić information content (AvgIpc) is 2.46. The van der Waals surface area contributed by atoms with Crippen LogP contribution in [0.5, 0.6) is 11.5 Å². The molecule has 0 spiro atoms. The molecule has 0 aromatic heterocycles. The third kappa shape index (κ3) is 5.04. The first-order chi connectivity index (χ1) is 9.78. The van der Waals surface area contributed by atoms with Crippen LogP contribution in [0.2, 0.25) is 0 Å². The molecule has 1 N–H and O–H groups in total. The Hall–Kier alpha value is -1.22. The normalized spacial score (nSPS) is 22.5. The van der Waals surface area contributed by atoms with Gasteiger partial charge in [0, 0.05) is 5.92 Å². The van der Waals surface area contributed by atoms with Gasteiger partial charge < -0.3 is 14.4 Å². The average molecular weight is 278 g/mol. The van der Waals surface area contributed by atoms with Crippen molar-refractivity contribution in [1.82, 2.24) is 0 Å². The summed E-state index contributed by atoms with van der Waals surface area (Å²) < 4.78 is 11.4. The molecule has 1 aliphatic heterocycles. The summed E-state index contributed by atoms with van der Waals surface area (Å²) in [7, 11) is 0. The van der Waals surface area contributed by atoms with Gasteiger partial charge in [0.1, 0.15) is 24.7 Å². The minimum absolute atomic E-state index is 0.775. The summed E-state index contributed by atoms with van der Waals surface area (Å²) in [6.07, 6.45) is 3.79. The van der Waals surface area contributed by atoms with Crippen LogP contribution in [-0.4, -0.2) is 32.8 Å². The van der Waals surface area contributed by atoms with Crippen LogP contribution in [0.25, 0.3) is 0 Å². The number of piperidine rings is 1. The lowest BCUT2D eigenvalue weighted by atomic mass is 10.0. The Morgan fingerprint density at radius 2 is 1.75 bits per heavy atom. The third-order valence-corrected chi connectivity index (χ3v) is 3.89. The van der Waals surface area contributed by atoms with Crippen LogP contribution >= 0.6 is 0 Å². The molecule has 0 saturated carbocycles. The largest absolute Gasteiger partial charge is 0.494 e. The van der Waals surface area contributed by atoms with E-state index < -0.39 is 0 Å². The lowest BCUT2D eigenvalue weighted by molar-refractivity contribution is -0.908. The highest BCUT2D eigenvalue weighted by Crippen LogP contribution is 2.17. The molecule has 3 nitrogen and oxygen atoms in total. The van der Waals surface area contributed by atoms with Gasteiger partial charge in [-0.1, -0.05) is 13.8 Å². The molecule has 2 atom stereocenters. The Morgan fingerprint density at radius 3 is 2.35 bits per heavy atom. The van der Waals surface area contributed by atoms with Crippen molar-refractivity contribution in [2.75, 3.05) is 32.8 Å². The Labute approximate surface area is 122 Å². The van der Waals surface area contributed by atoms with E-state index in [0.29, 0.717) is 0 Å². The summed E-state index contributed by atoms with van der Waals surface area (Å²) in [6.45, 7) is 9.76. The molecule has 1 aliphatic rings. The van der Waals surface area contributed by atoms with E-state index >= 15 is 0 Å². The van der Waals surface area contributed by atoms with Crippen molar-refractivity contribution >= 4 is 0 Å². The second-order valence-electron chi connectivity index (χ2n) is 5.87. The maximum absolute atomic E-state index is 5.83. The fourth-order valence-electron chi connectivity index (χ4n) is 2.79. The van der Waals surface area contributed by atoms with Gasteiger partial charge in [0.2, 0.25) is 0 Å². The Morgan fingerprint density at radius 1 is 1.10 bits per heavy atom. The number of benzene rings is 1. The SMILES string of the molecule is CCCOc1ccc(OCC[NH+]2CCC[C@H](C)C2)cc1. The number of likely N-dealkylation sites (tertiary alicyclic amines) is 1. The van der Waals surface area contributed by atoms with Gasteiger partial charge in [-0.15, -0.1) is 0 Å². The summed E-state index contributed by atoms with van der Waals surface area (Å²) in [5.74, 6) is 2.74. The first kappa shape index (κ1) is 15.2. The van der Waals surface area contributed by atoms with E-state index in [9.17, 15) is 0 Å². The zero-order chi connectivity index (χ0) is 14.2. The zero-order valence-corrected chi connectivity index (χ0v) is 12.9. The van der Waals surface area contributed by atoms with Crippen LogP contribution in [0.15, 0.2) is 24.3 Å². The molecule has 0 amide bonds. The smallest absolute Gasteiger partial charge is 0.137 e. The topological polar surface area (TPSA) is 22.9 Å². The summed E-state index contributed by atoms with van der Waals surface area (Å²) in [4.78, 5) is 1.69. The van der Waals surface area contributed by atoms with Gasteiger partial charge in [-0.3, -0.25) is 0 Å². The van der Waals surface area contributed by atoms with Gasteiger partial charge in [-0.2, -0.15) is 0 Å². The van der Waals surface area contributed by atoms with Crippen LogP contribution in [0.3, 0.4) is 0 Å². The second-order valence-corrected chi connectivity index (χ2v) is 5.87. The standard InChI is InChI=1S/C17H27NO2/c1-3-12-19-16-6-8-17(9-7-16)20-13-11-18-10-4-5-15(2)14-18/h6-9,15H,3-5,10-14H2,1-2H3/p+1/t15-/m0/s1. The van der Waals surface area contributed by atoms with Crippen molar-refractivity contribution in [2.24, 2.45) is 5.92 Å². The number of nitrogens with one attached hydrogen (secondary N) is 1. The molecule has 1 aromatic rings. The summed E-state index contributed by atoms with van der Waals surface area (Å²) in [5, 5.41) is 0. The number of hydrogen-bond acceptors (Lipinski definition) is 2. The van der Waals surface area contributed by atoms with Gasteiger partial charge in [0.05, 0.1) is 19.7 Å². The van der Waals surface area contributed by atoms with Crippen molar-refractivity contribution in [2.45, 2.75) is 33.1 Å². The lowest BCUT2D eigenvalue weighted by Gasteiger charge is -2.27. The van der Waals surface area contributed by atoms with Gasteiger partial charge in [-0.25, -0.2) is 0 Å². The van der Waals surface area contributed by atoms with Crippen molar-refractivity contribution in [3.05, 3.63) is 24.3 Å². The fraction of sp³-hybridized carbons (Fsp3) is 0.647. The van der Waals surface area contributed by atoms with Crippen LogP contribution in [-0.2, 0) is 0 Å². The Bertz CT molecular complexity index is 377. The van der Waals surface area contributed by atoms with Crippen LogP contribution in [0.4, 0.5) is 0 Å². The molecule has 1 aromatic carbocycles. The van der Waals surface area contributed by atoms with E-state index in [2.05, 4.69) is 13.8 Å². The third-order valence-electron chi connectivity index (χ3n) is 3.89. The molecular formula is C17H28NO2+. The van der Waals surface area contributed by atoms with E-state index in [-0.39, 0.29) is 0 Å². The van der Waals surface area contributed by atoms with Crippen LogP contribution in [0, 0.1) is 5.92 Å². The van der Waals surface area contributed by atoms with Crippen molar-refractivity contribution < 1.29 is 14.4 Å². The molecule has 0 radical (unpaired) electrons. The first-order valence-corrected chi connectivity index (χ1v) is 7.97. The summed E-state index contributed by atoms with van der Waals surface area (Å²) in [5.41, 5.74) is 0. The van der Waals surface area contributed by atoms with E-state index in [0.717, 1.165) is 43.6 Å². The van der Waals surface area contributed by atoms with Gasteiger partial charge in [0.15, 0.2) is 0 Å². The van der Waals surface area contributed by atoms with Gasteiger partial charge in [0.25, 0.3) is 0 Å². The number of hydrogen-bond donors (Lipinski definition) is 1. The predicted octanol–water partition coefficient (Wildman–Crippen LogP) is 2.17. The number of ether oxygens (including phenoxy) is 2. The Kier molecular flexibility index (Phi) is 6.19. The predicted molar refractivity (Wildman–Crippen MR) is 81.7 cm³/mol. The molecule has 1 heterocycles. The molecule has 2 rings (SSSR count). The minimum Gasteiger partial charge on any atom is -0.494 e. The maximum Gasteiger partial charge on any atom is 0.137 e. The fourth-order valence-corrected chi connectivity index (χ4v) is 2.79. The van der Waals surface area contributed by atoms with Crippen molar-refractivity contribution in [3.8, 4) is 11.5 Å². The molecule has 112 valence electrons. The second kappa shape index (κ2) is 8.15. The summed E-state index contributed by atoms with van der Waals surface area (Å²) in [6, 6.07) is 7.97. The monoisotopic (exact) mass is 278 g/mol. The van der Waals surface area contributed by atoms with Crippen LogP contribution in [0.1, 0.15) is 33.1 Å². The summed E-state index contributed by atoms with van der Waals surface area (Å²) >= 11 is 0. The minimum atomic E-state index is 0.775. The first-order valence-electron chi connectivity index (χ1n) is 7.97. The highest BCUT2D eigenvalue weighted by Gasteiger charge is 2.18. The van der Waals surface area contributed by atoms with Crippen molar-refractivity contribution in [3.63, 3.8) is 0 Å². The van der Waals surface area contributed by atoms with Crippen molar-refractivity contribution in [1.29, 1.82) is 0 Å². The molecule has 0 aliphatic carbocycles. The highest BCUT2D eigenvalue weighted by atomic mass is 16.5. The number of quaternary nitrogens is 1. The molecule has 3 heteroatoms. The van der Waals surface area contributed by atoms with E-state index in [1.165, 1.54) is 25.9 Å². The maximum atomic E-state index is 5.83. The molecule has 20 heavy (non-hydrogen) atoms. The molecule has 1 fully saturated rings. The van der Waals surface area contributed by atoms with E-state index in [1.807, 2.05) is 24.3 Å². The van der Waals surface area contributed by atoms with Gasteiger partial charge >= 0.3 is 0 Å². The van der Waals surface area contributed by atoms with Crippen LogP contribution < -0.4 is 14.4 Å². The highest BCUT2D eigenvalue weighted by molar-refractivity contribution is 5.31. The van der Waals surface area contributed by atoms with E-state index in [4.69, 9.17) is 9.47 Å². The zero-order valence-electron chi connectivity index (χ0n) is 12.9. The molecular weight excluding hydrogens is 250 g/mol. The van der Waals surface area contributed by atoms with Gasteiger partial charge in [-0.05, 0) is 43.5 Å². The quantitative estimate of drug-likeness (QED) is 0.826. The lowest BCUT2D eigenvalue weighted by Crippen LogP contribution is -3.14. The number of rotatable bonds is 7. The Balaban J connectivity index is 1.68. The molecule has 1 unspecified atom stereocenters.